The summed E-state index contributed by atoms with van der Waals surface area (Å²) in [7, 11) is 0. The maximum Gasteiger partial charge on any atom is 0.0587 e. The number of thioether (sulfide) groups is 1. The van der Waals surface area contributed by atoms with E-state index in [1.165, 1.54) is 21.6 Å². The highest BCUT2D eigenvalue weighted by molar-refractivity contribution is 7.98. The maximum atomic E-state index is 3.61. The average molecular weight is 285 g/mol. The van der Waals surface area contributed by atoms with E-state index < -0.39 is 0 Å². The molecular formula is C18H23NS. The van der Waals surface area contributed by atoms with Gasteiger partial charge in [-0.15, -0.1) is 11.8 Å². The van der Waals surface area contributed by atoms with Crippen LogP contribution in [-0.4, -0.2) is 12.8 Å². The second-order valence-electron chi connectivity index (χ2n) is 4.83. The van der Waals surface area contributed by atoms with Gasteiger partial charge in [-0.05, 0) is 42.0 Å². The van der Waals surface area contributed by atoms with Crippen molar-refractivity contribution in [2.24, 2.45) is 0 Å². The fraction of sp³-hybridized carbons (Fsp3) is 0.333. The Balaban J connectivity index is 2.39. The molecule has 0 heterocycles. The topological polar surface area (TPSA) is 12.0 Å². The van der Waals surface area contributed by atoms with Crippen LogP contribution in [0.1, 0.15) is 36.6 Å². The van der Waals surface area contributed by atoms with Gasteiger partial charge in [-0.2, -0.15) is 0 Å². The van der Waals surface area contributed by atoms with Crippen molar-refractivity contribution in [3.05, 3.63) is 65.2 Å². The lowest BCUT2D eigenvalue weighted by molar-refractivity contribution is 0.622. The molecule has 1 nitrogen and oxygen atoms in total. The van der Waals surface area contributed by atoms with Gasteiger partial charge in [0.25, 0.3) is 0 Å². The molecule has 2 rings (SSSR count). The van der Waals surface area contributed by atoms with Crippen LogP contribution in [0.3, 0.4) is 0 Å². The van der Waals surface area contributed by atoms with E-state index in [0.717, 1.165) is 13.0 Å². The first-order valence-electron chi connectivity index (χ1n) is 7.25. The summed E-state index contributed by atoms with van der Waals surface area (Å²) in [4.78, 5) is 1.35. The van der Waals surface area contributed by atoms with Gasteiger partial charge < -0.3 is 5.32 Å². The van der Waals surface area contributed by atoms with E-state index in [4.69, 9.17) is 0 Å². The van der Waals surface area contributed by atoms with Crippen LogP contribution in [-0.2, 0) is 6.42 Å². The molecule has 2 aromatic rings. The highest BCUT2D eigenvalue weighted by atomic mass is 32.2. The average Bonchev–Trinajstić information content (AvgIpc) is 2.53. The Morgan fingerprint density at radius 3 is 2.30 bits per heavy atom. The van der Waals surface area contributed by atoms with E-state index in [1.54, 1.807) is 0 Å². The second-order valence-corrected chi connectivity index (χ2v) is 5.68. The van der Waals surface area contributed by atoms with Gasteiger partial charge in [0, 0.05) is 4.90 Å². The van der Waals surface area contributed by atoms with Crippen LogP contribution in [0.2, 0.25) is 0 Å². The highest BCUT2D eigenvalue weighted by Crippen LogP contribution is 2.30. The lowest BCUT2D eigenvalue weighted by Crippen LogP contribution is -2.22. The molecule has 0 amide bonds. The summed E-state index contributed by atoms with van der Waals surface area (Å²) in [5, 5.41) is 3.61. The lowest BCUT2D eigenvalue weighted by atomic mass is 9.97. The minimum atomic E-state index is 0.273. The minimum absolute atomic E-state index is 0.273. The van der Waals surface area contributed by atoms with Crippen molar-refractivity contribution in [2.75, 3.05) is 12.8 Å². The molecule has 2 aromatic carbocycles. The second kappa shape index (κ2) is 7.51. The molecule has 0 fully saturated rings. The monoisotopic (exact) mass is 285 g/mol. The summed E-state index contributed by atoms with van der Waals surface area (Å²) in [5.74, 6) is 0. The number of hydrogen-bond acceptors (Lipinski definition) is 2. The zero-order valence-electron chi connectivity index (χ0n) is 12.5. The van der Waals surface area contributed by atoms with Crippen molar-refractivity contribution in [2.45, 2.75) is 31.2 Å². The summed E-state index contributed by atoms with van der Waals surface area (Å²) < 4.78 is 0. The van der Waals surface area contributed by atoms with E-state index in [-0.39, 0.29) is 6.04 Å². The largest absolute Gasteiger partial charge is 0.306 e. The van der Waals surface area contributed by atoms with Gasteiger partial charge in [-0.25, -0.2) is 0 Å². The summed E-state index contributed by atoms with van der Waals surface area (Å²) in [5.41, 5.74) is 4.10. The van der Waals surface area contributed by atoms with Crippen molar-refractivity contribution in [1.29, 1.82) is 0 Å². The molecule has 0 saturated heterocycles. The summed E-state index contributed by atoms with van der Waals surface area (Å²) in [6, 6.07) is 17.9. The van der Waals surface area contributed by atoms with Crippen LogP contribution < -0.4 is 5.32 Å². The quantitative estimate of drug-likeness (QED) is 0.774. The van der Waals surface area contributed by atoms with Crippen molar-refractivity contribution in [1.82, 2.24) is 5.32 Å². The SMILES string of the molecule is CCNC(c1ccc(CC)cc1)c1ccccc1SC. The van der Waals surface area contributed by atoms with Crippen molar-refractivity contribution in [3.63, 3.8) is 0 Å². The fourth-order valence-electron chi connectivity index (χ4n) is 2.46. The molecule has 1 atom stereocenters. The molecule has 2 heteroatoms. The van der Waals surface area contributed by atoms with Crippen LogP contribution in [0, 0.1) is 0 Å². The zero-order chi connectivity index (χ0) is 14.4. The molecule has 0 bridgehead atoms. The first kappa shape index (κ1) is 15.1. The van der Waals surface area contributed by atoms with Crippen LogP contribution in [0.15, 0.2) is 53.4 Å². The van der Waals surface area contributed by atoms with Gasteiger partial charge in [0.2, 0.25) is 0 Å². The van der Waals surface area contributed by atoms with Gasteiger partial charge in [0.05, 0.1) is 6.04 Å². The Labute approximate surface area is 126 Å². The van der Waals surface area contributed by atoms with Gasteiger partial charge in [0.1, 0.15) is 0 Å². The molecule has 20 heavy (non-hydrogen) atoms. The molecule has 0 radical (unpaired) electrons. The molecule has 1 N–H and O–H groups in total. The standard InChI is InChI=1S/C18H23NS/c1-4-14-10-12-15(13-11-14)18(19-5-2)16-8-6-7-9-17(16)20-3/h6-13,18-19H,4-5H2,1-3H3. The minimum Gasteiger partial charge on any atom is -0.306 e. The highest BCUT2D eigenvalue weighted by Gasteiger charge is 2.15. The van der Waals surface area contributed by atoms with E-state index in [0.29, 0.717) is 0 Å². The Hall–Kier alpha value is -1.25. The first-order chi connectivity index (χ1) is 9.80. The van der Waals surface area contributed by atoms with Crippen LogP contribution in [0.25, 0.3) is 0 Å². The molecule has 0 aliphatic rings. The molecule has 1 unspecified atom stereocenters. The Morgan fingerprint density at radius 2 is 1.70 bits per heavy atom. The number of hydrogen-bond donors (Lipinski definition) is 1. The Morgan fingerprint density at radius 1 is 1.00 bits per heavy atom. The van der Waals surface area contributed by atoms with Crippen LogP contribution in [0.5, 0.6) is 0 Å². The van der Waals surface area contributed by atoms with Gasteiger partial charge in [-0.3, -0.25) is 0 Å². The smallest absolute Gasteiger partial charge is 0.0587 e. The third-order valence-electron chi connectivity index (χ3n) is 3.58. The maximum absolute atomic E-state index is 3.61. The van der Waals surface area contributed by atoms with Crippen molar-refractivity contribution in [3.8, 4) is 0 Å². The van der Waals surface area contributed by atoms with Crippen LogP contribution >= 0.6 is 11.8 Å². The Bertz CT molecular complexity index is 533. The fourth-order valence-corrected chi connectivity index (χ4v) is 3.10. The van der Waals surface area contributed by atoms with Gasteiger partial charge >= 0.3 is 0 Å². The van der Waals surface area contributed by atoms with Crippen molar-refractivity contribution < 1.29 is 0 Å². The number of benzene rings is 2. The Kier molecular flexibility index (Phi) is 5.69. The third kappa shape index (κ3) is 3.44. The lowest BCUT2D eigenvalue weighted by Gasteiger charge is -2.21. The number of rotatable bonds is 6. The summed E-state index contributed by atoms with van der Waals surface area (Å²) in [6.07, 6.45) is 3.23. The molecule has 0 aliphatic heterocycles. The molecule has 0 spiro atoms. The normalized spacial score (nSPS) is 12.3. The molecule has 0 saturated carbocycles. The van der Waals surface area contributed by atoms with Crippen LogP contribution in [0.4, 0.5) is 0 Å². The molecule has 0 aromatic heterocycles. The molecular weight excluding hydrogens is 262 g/mol. The zero-order valence-corrected chi connectivity index (χ0v) is 13.3. The van der Waals surface area contributed by atoms with E-state index >= 15 is 0 Å². The van der Waals surface area contributed by atoms with Crippen molar-refractivity contribution >= 4 is 11.8 Å². The predicted octanol–water partition coefficient (Wildman–Crippen LogP) is 4.67. The van der Waals surface area contributed by atoms with E-state index in [1.807, 2.05) is 11.8 Å². The first-order valence-corrected chi connectivity index (χ1v) is 8.47. The molecule has 0 aliphatic carbocycles. The summed E-state index contributed by atoms with van der Waals surface area (Å²) >= 11 is 1.81. The van der Waals surface area contributed by atoms with Gasteiger partial charge in [0.15, 0.2) is 0 Å². The summed E-state index contributed by atoms with van der Waals surface area (Å²) in [6.45, 7) is 5.32. The number of aryl methyl sites for hydroxylation is 1. The molecule has 106 valence electrons. The third-order valence-corrected chi connectivity index (χ3v) is 4.39. The predicted molar refractivity (Wildman–Crippen MR) is 89.6 cm³/mol. The van der Waals surface area contributed by atoms with Gasteiger partial charge in [-0.1, -0.05) is 56.3 Å². The number of nitrogens with one attached hydrogen (secondary N) is 1. The van der Waals surface area contributed by atoms with E-state index in [9.17, 15) is 0 Å². The van der Waals surface area contributed by atoms with E-state index in [2.05, 4.69) is 74.0 Å².